The molecule has 132 valence electrons. The molecule has 2 aromatic rings. The molecule has 0 radical (unpaired) electrons. The summed E-state index contributed by atoms with van der Waals surface area (Å²) in [6.45, 7) is 2.54. The second kappa shape index (κ2) is 8.32. The first-order valence-electron chi connectivity index (χ1n) is 8.55. The van der Waals surface area contributed by atoms with Crippen LogP contribution in [-0.2, 0) is 4.79 Å². The standard InChI is InChI=1S/C18H22N4O3/c23-17(6-3-9-19-18(24)15-5-4-12-25-15)21-16-8-7-14(13-20-16)22-10-1-2-11-22/h4-5,7-8,12-13H,1-3,6,9-11H2,(H,19,24)(H,20,21,23). The quantitative estimate of drug-likeness (QED) is 0.755. The average Bonchev–Trinajstić information content (AvgIpc) is 3.32. The highest BCUT2D eigenvalue weighted by Crippen LogP contribution is 2.20. The molecule has 2 amide bonds. The summed E-state index contributed by atoms with van der Waals surface area (Å²) in [4.78, 5) is 30.2. The number of pyridine rings is 1. The van der Waals surface area contributed by atoms with Crippen molar-refractivity contribution in [3.63, 3.8) is 0 Å². The van der Waals surface area contributed by atoms with Crippen molar-refractivity contribution in [1.82, 2.24) is 10.3 Å². The predicted octanol–water partition coefficient (Wildman–Crippen LogP) is 2.42. The van der Waals surface area contributed by atoms with Crippen molar-refractivity contribution in [3.05, 3.63) is 42.5 Å². The van der Waals surface area contributed by atoms with Gasteiger partial charge in [0.1, 0.15) is 5.82 Å². The molecule has 7 nitrogen and oxygen atoms in total. The third-order valence-corrected chi connectivity index (χ3v) is 4.10. The molecular weight excluding hydrogens is 320 g/mol. The summed E-state index contributed by atoms with van der Waals surface area (Å²) in [5.74, 6) is 0.428. The summed E-state index contributed by atoms with van der Waals surface area (Å²) >= 11 is 0. The monoisotopic (exact) mass is 342 g/mol. The minimum atomic E-state index is -0.274. The molecule has 3 rings (SSSR count). The molecule has 1 saturated heterocycles. The van der Waals surface area contributed by atoms with E-state index in [0.717, 1.165) is 18.8 Å². The second-order valence-corrected chi connectivity index (χ2v) is 5.98. The molecule has 1 fully saturated rings. The van der Waals surface area contributed by atoms with Crippen LogP contribution in [0.3, 0.4) is 0 Å². The Morgan fingerprint density at radius 1 is 1.20 bits per heavy atom. The van der Waals surface area contributed by atoms with E-state index in [1.807, 2.05) is 12.1 Å². The summed E-state index contributed by atoms with van der Waals surface area (Å²) in [6, 6.07) is 7.06. The summed E-state index contributed by atoms with van der Waals surface area (Å²) in [7, 11) is 0. The number of amides is 2. The Bertz CT molecular complexity index is 692. The van der Waals surface area contributed by atoms with Crippen LogP contribution in [0.4, 0.5) is 11.5 Å². The van der Waals surface area contributed by atoms with Gasteiger partial charge >= 0.3 is 0 Å². The van der Waals surface area contributed by atoms with Crippen LogP contribution in [0.15, 0.2) is 41.1 Å². The maximum Gasteiger partial charge on any atom is 0.286 e. The van der Waals surface area contributed by atoms with E-state index in [1.54, 1.807) is 18.3 Å². The number of hydrogen-bond donors (Lipinski definition) is 2. The first-order valence-corrected chi connectivity index (χ1v) is 8.55. The molecule has 1 aliphatic rings. The van der Waals surface area contributed by atoms with E-state index in [4.69, 9.17) is 4.42 Å². The van der Waals surface area contributed by atoms with Crippen molar-refractivity contribution in [2.75, 3.05) is 29.9 Å². The molecule has 0 aromatic carbocycles. The topological polar surface area (TPSA) is 87.5 Å². The lowest BCUT2D eigenvalue weighted by Gasteiger charge is -2.17. The van der Waals surface area contributed by atoms with Gasteiger partial charge in [-0.3, -0.25) is 9.59 Å². The van der Waals surface area contributed by atoms with E-state index in [0.29, 0.717) is 25.2 Å². The zero-order chi connectivity index (χ0) is 17.5. The van der Waals surface area contributed by atoms with Crippen molar-refractivity contribution in [2.24, 2.45) is 0 Å². The fraction of sp³-hybridized carbons (Fsp3) is 0.389. The van der Waals surface area contributed by atoms with Crippen LogP contribution in [0.5, 0.6) is 0 Å². The largest absolute Gasteiger partial charge is 0.459 e. The molecule has 0 bridgehead atoms. The van der Waals surface area contributed by atoms with Crippen LogP contribution >= 0.6 is 0 Å². The smallest absolute Gasteiger partial charge is 0.286 e. The Hall–Kier alpha value is -2.83. The number of anilines is 2. The Kier molecular flexibility index (Phi) is 5.66. The number of hydrogen-bond acceptors (Lipinski definition) is 5. The van der Waals surface area contributed by atoms with Crippen molar-refractivity contribution in [2.45, 2.75) is 25.7 Å². The Morgan fingerprint density at radius 2 is 2.04 bits per heavy atom. The SMILES string of the molecule is O=C(CCCNC(=O)c1ccco1)Nc1ccc(N2CCCC2)cn1. The maximum atomic E-state index is 11.9. The highest BCUT2D eigenvalue weighted by Gasteiger charge is 2.13. The van der Waals surface area contributed by atoms with Gasteiger partial charge < -0.3 is 20.0 Å². The van der Waals surface area contributed by atoms with Crippen molar-refractivity contribution in [3.8, 4) is 0 Å². The van der Waals surface area contributed by atoms with Gasteiger partial charge in [0.25, 0.3) is 5.91 Å². The number of furan rings is 1. The van der Waals surface area contributed by atoms with Crippen molar-refractivity contribution < 1.29 is 14.0 Å². The normalized spacial score (nSPS) is 13.7. The van der Waals surface area contributed by atoms with E-state index in [9.17, 15) is 9.59 Å². The van der Waals surface area contributed by atoms with E-state index in [2.05, 4.69) is 20.5 Å². The average molecular weight is 342 g/mol. The van der Waals surface area contributed by atoms with Crippen LogP contribution in [0.1, 0.15) is 36.2 Å². The van der Waals surface area contributed by atoms with Crippen molar-refractivity contribution >= 4 is 23.3 Å². The Labute approximate surface area is 146 Å². The zero-order valence-electron chi connectivity index (χ0n) is 14.0. The summed E-state index contributed by atoms with van der Waals surface area (Å²) in [6.07, 6.45) is 6.54. The summed E-state index contributed by atoms with van der Waals surface area (Å²) in [5.41, 5.74) is 1.09. The lowest BCUT2D eigenvalue weighted by molar-refractivity contribution is -0.116. The van der Waals surface area contributed by atoms with E-state index >= 15 is 0 Å². The first kappa shape index (κ1) is 17.0. The number of nitrogens with zero attached hydrogens (tertiary/aromatic N) is 2. The summed E-state index contributed by atoms with van der Waals surface area (Å²) < 4.78 is 5.00. The fourth-order valence-corrected chi connectivity index (χ4v) is 2.77. The van der Waals surface area contributed by atoms with Crippen LogP contribution < -0.4 is 15.5 Å². The molecule has 7 heteroatoms. The van der Waals surface area contributed by atoms with E-state index in [1.165, 1.54) is 19.1 Å². The van der Waals surface area contributed by atoms with Crippen LogP contribution in [-0.4, -0.2) is 36.4 Å². The minimum absolute atomic E-state index is 0.117. The Balaban J connectivity index is 1.36. The highest BCUT2D eigenvalue weighted by atomic mass is 16.3. The third kappa shape index (κ3) is 4.82. The van der Waals surface area contributed by atoms with Gasteiger partial charge in [0.2, 0.25) is 5.91 Å². The predicted molar refractivity (Wildman–Crippen MR) is 94.6 cm³/mol. The van der Waals surface area contributed by atoms with E-state index < -0.39 is 0 Å². The maximum absolute atomic E-state index is 11.9. The molecule has 0 atom stereocenters. The van der Waals surface area contributed by atoms with Gasteiger partial charge in [-0.05, 0) is 43.5 Å². The van der Waals surface area contributed by atoms with Crippen molar-refractivity contribution in [1.29, 1.82) is 0 Å². The molecule has 0 unspecified atom stereocenters. The molecule has 0 spiro atoms. The molecule has 25 heavy (non-hydrogen) atoms. The zero-order valence-corrected chi connectivity index (χ0v) is 14.0. The second-order valence-electron chi connectivity index (χ2n) is 5.98. The molecule has 3 heterocycles. The van der Waals surface area contributed by atoms with Crippen LogP contribution in [0.2, 0.25) is 0 Å². The van der Waals surface area contributed by atoms with Gasteiger partial charge in [0.15, 0.2) is 5.76 Å². The summed E-state index contributed by atoms with van der Waals surface area (Å²) in [5, 5.41) is 5.48. The number of carbonyl (C=O) groups excluding carboxylic acids is 2. The molecule has 2 N–H and O–H groups in total. The van der Waals surface area contributed by atoms with Gasteiger partial charge in [-0.25, -0.2) is 4.98 Å². The van der Waals surface area contributed by atoms with Gasteiger partial charge in [0.05, 0.1) is 18.1 Å². The fourth-order valence-electron chi connectivity index (χ4n) is 2.77. The first-order chi connectivity index (χ1) is 12.2. The molecule has 0 saturated carbocycles. The molecular formula is C18H22N4O3. The third-order valence-electron chi connectivity index (χ3n) is 4.10. The highest BCUT2D eigenvalue weighted by molar-refractivity contribution is 5.91. The molecule has 2 aromatic heterocycles. The number of nitrogens with one attached hydrogen (secondary N) is 2. The lowest BCUT2D eigenvalue weighted by atomic mass is 10.3. The minimum Gasteiger partial charge on any atom is -0.459 e. The van der Waals surface area contributed by atoms with Crippen LogP contribution in [0, 0.1) is 0 Å². The number of carbonyl (C=O) groups is 2. The van der Waals surface area contributed by atoms with Gasteiger partial charge in [-0.2, -0.15) is 0 Å². The molecule has 1 aliphatic heterocycles. The lowest BCUT2D eigenvalue weighted by Crippen LogP contribution is -2.25. The van der Waals surface area contributed by atoms with Gasteiger partial charge in [-0.1, -0.05) is 0 Å². The van der Waals surface area contributed by atoms with E-state index in [-0.39, 0.29) is 17.6 Å². The molecule has 0 aliphatic carbocycles. The van der Waals surface area contributed by atoms with Gasteiger partial charge in [0, 0.05) is 26.1 Å². The van der Waals surface area contributed by atoms with Gasteiger partial charge in [-0.15, -0.1) is 0 Å². The number of aromatic nitrogens is 1. The van der Waals surface area contributed by atoms with Crippen LogP contribution in [0.25, 0.3) is 0 Å². The Morgan fingerprint density at radius 3 is 2.72 bits per heavy atom. The number of rotatable bonds is 7.